The van der Waals surface area contributed by atoms with Gasteiger partial charge in [0.1, 0.15) is 16.2 Å². The highest BCUT2D eigenvalue weighted by Crippen LogP contribution is 2.39. The fourth-order valence-electron chi connectivity index (χ4n) is 3.19. The van der Waals surface area contributed by atoms with E-state index < -0.39 is 5.97 Å². The standard InChI is InChI=1S/C23H19NO4S2/c1-27-22(26)18-10-6-5-9-17(18)19-12-11-16(28-19)13-20-21(25)24(23(29)30-20)14-15-7-3-2-4-8-15/h2-13,23,29H,14H2,1H3/b20-13+. The Morgan fingerprint density at radius 3 is 2.63 bits per heavy atom. The molecular formula is C23H19NO4S2. The molecule has 1 aliphatic rings. The number of carbonyl (C=O) groups excluding carboxylic acids is 2. The van der Waals surface area contributed by atoms with Gasteiger partial charge < -0.3 is 14.1 Å². The summed E-state index contributed by atoms with van der Waals surface area (Å²) in [7, 11) is 1.34. The highest BCUT2D eigenvalue weighted by molar-refractivity contribution is 8.14. The number of ether oxygens (including phenoxy) is 1. The average Bonchev–Trinajstić information content (AvgIpc) is 3.34. The Morgan fingerprint density at radius 1 is 1.13 bits per heavy atom. The van der Waals surface area contributed by atoms with Gasteiger partial charge in [-0.3, -0.25) is 4.79 Å². The number of thiol groups is 1. The second kappa shape index (κ2) is 8.85. The van der Waals surface area contributed by atoms with E-state index in [1.807, 2.05) is 36.4 Å². The Labute approximate surface area is 184 Å². The van der Waals surface area contributed by atoms with Crippen LogP contribution in [0.2, 0.25) is 0 Å². The van der Waals surface area contributed by atoms with E-state index in [0.29, 0.717) is 34.1 Å². The maximum atomic E-state index is 12.9. The molecule has 3 aromatic rings. The van der Waals surface area contributed by atoms with Gasteiger partial charge in [0.15, 0.2) is 0 Å². The minimum atomic E-state index is -0.432. The number of esters is 1. The lowest BCUT2D eigenvalue weighted by molar-refractivity contribution is -0.125. The molecule has 0 saturated carbocycles. The molecule has 1 atom stereocenters. The van der Waals surface area contributed by atoms with E-state index in [2.05, 4.69) is 12.6 Å². The average molecular weight is 438 g/mol. The highest BCUT2D eigenvalue weighted by atomic mass is 32.2. The lowest BCUT2D eigenvalue weighted by Crippen LogP contribution is -2.28. The summed E-state index contributed by atoms with van der Waals surface area (Å²) in [5.41, 5.74) is 2.10. The zero-order valence-electron chi connectivity index (χ0n) is 16.1. The Balaban J connectivity index is 1.56. The van der Waals surface area contributed by atoms with E-state index in [1.54, 1.807) is 41.3 Å². The largest absolute Gasteiger partial charge is 0.465 e. The SMILES string of the molecule is COC(=O)c1ccccc1-c1ccc(/C=C2/SC(S)N(Cc3ccccc3)C2=O)o1. The highest BCUT2D eigenvalue weighted by Gasteiger charge is 2.34. The van der Waals surface area contributed by atoms with Crippen molar-refractivity contribution in [1.29, 1.82) is 0 Å². The summed E-state index contributed by atoms with van der Waals surface area (Å²) in [4.78, 5) is 27.2. The molecule has 1 fully saturated rings. The van der Waals surface area contributed by atoms with Gasteiger partial charge in [0.25, 0.3) is 5.91 Å². The molecule has 0 bridgehead atoms. The topological polar surface area (TPSA) is 59.8 Å². The summed E-state index contributed by atoms with van der Waals surface area (Å²) in [5, 5.41) is 0. The molecule has 1 amide bonds. The zero-order chi connectivity index (χ0) is 21.1. The molecule has 7 heteroatoms. The van der Waals surface area contributed by atoms with Crippen molar-refractivity contribution >= 4 is 42.3 Å². The maximum absolute atomic E-state index is 12.9. The smallest absolute Gasteiger partial charge is 0.338 e. The first-order valence-corrected chi connectivity index (χ1v) is 10.7. The molecule has 2 heterocycles. The van der Waals surface area contributed by atoms with Crippen LogP contribution in [0, 0.1) is 0 Å². The van der Waals surface area contributed by atoms with Crippen LogP contribution in [-0.4, -0.2) is 28.6 Å². The third kappa shape index (κ3) is 4.17. The second-order valence-corrected chi connectivity index (χ2v) is 8.57. The van der Waals surface area contributed by atoms with Gasteiger partial charge in [0.2, 0.25) is 0 Å². The van der Waals surface area contributed by atoms with Crippen molar-refractivity contribution in [3.8, 4) is 11.3 Å². The molecule has 5 nitrogen and oxygen atoms in total. The maximum Gasteiger partial charge on any atom is 0.338 e. The molecule has 0 aliphatic carbocycles. The van der Waals surface area contributed by atoms with Gasteiger partial charge in [-0.1, -0.05) is 60.3 Å². The third-order valence-electron chi connectivity index (χ3n) is 4.66. The van der Waals surface area contributed by atoms with Gasteiger partial charge in [-0.05, 0) is 23.8 Å². The number of rotatable bonds is 5. The lowest BCUT2D eigenvalue weighted by atomic mass is 10.1. The number of amides is 1. The molecule has 1 saturated heterocycles. The Kier molecular flexibility index (Phi) is 6.01. The normalized spacial score (nSPS) is 17.5. The molecule has 4 rings (SSSR count). The van der Waals surface area contributed by atoms with Gasteiger partial charge in [-0.2, -0.15) is 0 Å². The van der Waals surface area contributed by atoms with Crippen LogP contribution in [-0.2, 0) is 16.1 Å². The number of methoxy groups -OCH3 is 1. The quantitative estimate of drug-likeness (QED) is 0.343. The first kappa shape index (κ1) is 20.4. The fraction of sp³-hybridized carbons (Fsp3) is 0.130. The van der Waals surface area contributed by atoms with Gasteiger partial charge in [-0.25, -0.2) is 4.79 Å². The van der Waals surface area contributed by atoms with Gasteiger partial charge >= 0.3 is 5.97 Å². The van der Waals surface area contributed by atoms with Crippen LogP contribution in [0.5, 0.6) is 0 Å². The molecule has 1 unspecified atom stereocenters. The van der Waals surface area contributed by atoms with Crippen molar-refractivity contribution in [3.05, 3.63) is 88.5 Å². The lowest BCUT2D eigenvalue weighted by Gasteiger charge is -2.19. The number of furan rings is 1. The number of hydrogen-bond donors (Lipinski definition) is 1. The van der Waals surface area contributed by atoms with Crippen molar-refractivity contribution in [2.24, 2.45) is 0 Å². The number of carbonyl (C=O) groups is 2. The molecule has 30 heavy (non-hydrogen) atoms. The Bertz CT molecular complexity index is 1110. The number of benzene rings is 2. The van der Waals surface area contributed by atoms with Gasteiger partial charge in [-0.15, -0.1) is 12.6 Å². The first-order chi connectivity index (χ1) is 14.6. The summed E-state index contributed by atoms with van der Waals surface area (Å²) in [5.74, 6) is 0.541. The summed E-state index contributed by atoms with van der Waals surface area (Å²) in [6, 6.07) is 20.4. The predicted octanol–water partition coefficient (Wildman–Crippen LogP) is 5.06. The summed E-state index contributed by atoms with van der Waals surface area (Å²) in [6.45, 7) is 0.494. The van der Waals surface area contributed by atoms with Crippen molar-refractivity contribution in [3.63, 3.8) is 0 Å². The van der Waals surface area contributed by atoms with Crippen LogP contribution < -0.4 is 0 Å². The van der Waals surface area contributed by atoms with Gasteiger partial charge in [0.05, 0.1) is 17.6 Å². The van der Waals surface area contributed by atoms with Crippen molar-refractivity contribution < 1.29 is 18.7 Å². The zero-order valence-corrected chi connectivity index (χ0v) is 17.9. The second-order valence-electron chi connectivity index (χ2n) is 6.61. The van der Waals surface area contributed by atoms with Crippen molar-refractivity contribution in [2.75, 3.05) is 7.11 Å². The molecule has 0 N–H and O–H groups in total. The number of hydrogen-bond acceptors (Lipinski definition) is 6. The number of nitrogens with zero attached hydrogens (tertiary/aromatic N) is 1. The first-order valence-electron chi connectivity index (χ1n) is 9.25. The van der Waals surface area contributed by atoms with E-state index in [-0.39, 0.29) is 10.6 Å². The van der Waals surface area contributed by atoms with E-state index in [1.165, 1.54) is 18.9 Å². The van der Waals surface area contributed by atoms with Crippen LogP contribution >= 0.6 is 24.4 Å². The van der Waals surface area contributed by atoms with Gasteiger partial charge in [0, 0.05) is 18.2 Å². The monoisotopic (exact) mass is 437 g/mol. The molecule has 1 aliphatic heterocycles. The van der Waals surface area contributed by atoms with E-state index in [4.69, 9.17) is 9.15 Å². The molecular weight excluding hydrogens is 418 g/mol. The van der Waals surface area contributed by atoms with Crippen molar-refractivity contribution in [2.45, 2.75) is 11.3 Å². The molecule has 2 aromatic carbocycles. The number of thioether (sulfide) groups is 1. The van der Waals surface area contributed by atoms with E-state index >= 15 is 0 Å². The minimum absolute atomic E-state index is 0.0863. The fourth-order valence-corrected chi connectivity index (χ4v) is 4.64. The Morgan fingerprint density at radius 2 is 1.87 bits per heavy atom. The molecule has 1 aromatic heterocycles. The van der Waals surface area contributed by atoms with Crippen LogP contribution in [0.4, 0.5) is 0 Å². The van der Waals surface area contributed by atoms with E-state index in [0.717, 1.165) is 5.56 Å². The van der Waals surface area contributed by atoms with Crippen molar-refractivity contribution in [1.82, 2.24) is 4.90 Å². The molecule has 152 valence electrons. The van der Waals surface area contributed by atoms with Crippen LogP contribution in [0.1, 0.15) is 21.7 Å². The Hall–Kier alpha value is -2.90. The summed E-state index contributed by atoms with van der Waals surface area (Å²) >= 11 is 5.94. The van der Waals surface area contributed by atoms with Crippen LogP contribution in [0.25, 0.3) is 17.4 Å². The molecule has 0 spiro atoms. The summed E-state index contributed by atoms with van der Waals surface area (Å²) < 4.78 is 10.5. The molecule has 0 radical (unpaired) electrons. The predicted molar refractivity (Wildman–Crippen MR) is 121 cm³/mol. The van der Waals surface area contributed by atoms with Crippen LogP contribution in [0.3, 0.4) is 0 Å². The van der Waals surface area contributed by atoms with Crippen LogP contribution in [0.15, 0.2) is 76.1 Å². The summed E-state index contributed by atoms with van der Waals surface area (Å²) in [6.07, 6.45) is 1.71. The minimum Gasteiger partial charge on any atom is -0.465 e. The third-order valence-corrected chi connectivity index (χ3v) is 6.27. The van der Waals surface area contributed by atoms with E-state index in [9.17, 15) is 9.59 Å².